The summed E-state index contributed by atoms with van der Waals surface area (Å²) in [6.45, 7) is 3.91. The number of ether oxygens (including phenoxy) is 1. The fourth-order valence-electron chi connectivity index (χ4n) is 2.70. The number of rotatable bonds is 4. The van der Waals surface area contributed by atoms with Gasteiger partial charge in [0.05, 0.1) is 18.0 Å². The van der Waals surface area contributed by atoms with Crippen molar-refractivity contribution in [1.82, 2.24) is 19.8 Å². The monoisotopic (exact) mass is 328 g/mol. The quantitative estimate of drug-likeness (QED) is 0.933. The zero-order chi connectivity index (χ0) is 13.9. The molecule has 0 aliphatic carbocycles. The SMILES string of the molecule is COc1ccsc1CN1CCNCC1c1nccn1C.Cl. The highest BCUT2D eigenvalue weighted by molar-refractivity contribution is 7.10. The summed E-state index contributed by atoms with van der Waals surface area (Å²) >= 11 is 1.76. The summed E-state index contributed by atoms with van der Waals surface area (Å²) in [6, 6.07) is 2.35. The van der Waals surface area contributed by atoms with Crippen LogP contribution in [0.4, 0.5) is 0 Å². The van der Waals surface area contributed by atoms with Gasteiger partial charge in [0.25, 0.3) is 0 Å². The van der Waals surface area contributed by atoms with Crippen LogP contribution in [0.1, 0.15) is 16.7 Å². The second-order valence-electron chi connectivity index (χ2n) is 5.00. The van der Waals surface area contributed by atoms with E-state index in [1.165, 1.54) is 4.88 Å². The molecule has 0 amide bonds. The fourth-order valence-corrected chi connectivity index (χ4v) is 3.56. The van der Waals surface area contributed by atoms with Gasteiger partial charge in [-0.05, 0) is 11.4 Å². The van der Waals surface area contributed by atoms with Crippen molar-refractivity contribution < 1.29 is 4.74 Å². The smallest absolute Gasteiger partial charge is 0.134 e. The predicted molar refractivity (Wildman–Crippen MR) is 87.3 cm³/mol. The highest BCUT2D eigenvalue weighted by Crippen LogP contribution is 2.29. The first-order valence-electron chi connectivity index (χ1n) is 6.82. The minimum absolute atomic E-state index is 0. The van der Waals surface area contributed by atoms with Crippen molar-refractivity contribution >= 4 is 23.7 Å². The molecule has 0 radical (unpaired) electrons. The largest absolute Gasteiger partial charge is 0.496 e. The molecule has 0 aromatic carbocycles. The highest BCUT2D eigenvalue weighted by atomic mass is 35.5. The molecule has 0 saturated carbocycles. The van der Waals surface area contributed by atoms with Gasteiger partial charge in [-0.2, -0.15) is 0 Å². The van der Waals surface area contributed by atoms with Crippen LogP contribution in [-0.4, -0.2) is 41.2 Å². The Balaban J connectivity index is 0.00000161. The summed E-state index contributed by atoms with van der Waals surface area (Å²) in [6.07, 6.45) is 3.88. The van der Waals surface area contributed by atoms with Crippen LogP contribution in [0.25, 0.3) is 0 Å². The molecule has 3 heterocycles. The zero-order valence-corrected chi connectivity index (χ0v) is 13.9. The number of nitrogens with zero attached hydrogens (tertiary/aromatic N) is 3. The number of imidazole rings is 1. The van der Waals surface area contributed by atoms with E-state index in [2.05, 4.69) is 32.2 Å². The first kappa shape index (κ1) is 16.3. The average Bonchev–Trinajstić information content (AvgIpc) is 3.08. The molecule has 21 heavy (non-hydrogen) atoms. The lowest BCUT2D eigenvalue weighted by atomic mass is 10.1. The van der Waals surface area contributed by atoms with Gasteiger partial charge < -0.3 is 14.6 Å². The number of methoxy groups -OCH3 is 1. The molecular formula is C14H21ClN4OS. The van der Waals surface area contributed by atoms with Gasteiger partial charge in [-0.1, -0.05) is 0 Å². The van der Waals surface area contributed by atoms with Crippen LogP contribution in [0, 0.1) is 0 Å². The molecule has 1 N–H and O–H groups in total. The van der Waals surface area contributed by atoms with Gasteiger partial charge in [0.2, 0.25) is 0 Å². The number of hydrogen-bond acceptors (Lipinski definition) is 5. The molecule has 1 aliphatic heterocycles. The van der Waals surface area contributed by atoms with Crippen LogP contribution in [0.2, 0.25) is 0 Å². The van der Waals surface area contributed by atoms with Crippen molar-refractivity contribution in [2.24, 2.45) is 7.05 Å². The molecule has 116 valence electrons. The molecule has 1 aliphatic rings. The normalized spacial score (nSPS) is 19.2. The van der Waals surface area contributed by atoms with Crippen LogP contribution in [0.5, 0.6) is 5.75 Å². The Morgan fingerprint density at radius 3 is 3.10 bits per heavy atom. The second kappa shape index (κ2) is 7.26. The van der Waals surface area contributed by atoms with E-state index in [4.69, 9.17) is 4.74 Å². The van der Waals surface area contributed by atoms with E-state index < -0.39 is 0 Å². The van der Waals surface area contributed by atoms with Crippen molar-refractivity contribution in [1.29, 1.82) is 0 Å². The Bertz CT molecular complexity index is 571. The zero-order valence-electron chi connectivity index (χ0n) is 12.3. The molecule has 1 fully saturated rings. The molecule has 2 aromatic heterocycles. The Hall–Kier alpha value is -1.08. The van der Waals surface area contributed by atoms with Crippen LogP contribution in [0.15, 0.2) is 23.8 Å². The molecule has 1 unspecified atom stereocenters. The van der Waals surface area contributed by atoms with Crippen molar-refractivity contribution in [2.75, 3.05) is 26.7 Å². The van der Waals surface area contributed by atoms with Gasteiger partial charge >= 0.3 is 0 Å². The van der Waals surface area contributed by atoms with Crippen molar-refractivity contribution in [2.45, 2.75) is 12.6 Å². The molecule has 2 aromatic rings. The molecule has 5 nitrogen and oxygen atoms in total. The first-order chi connectivity index (χ1) is 9.79. The maximum Gasteiger partial charge on any atom is 0.134 e. The third-order valence-corrected chi connectivity index (χ3v) is 4.67. The van der Waals surface area contributed by atoms with Crippen molar-refractivity contribution in [3.05, 3.63) is 34.5 Å². The van der Waals surface area contributed by atoms with E-state index in [1.54, 1.807) is 18.4 Å². The standard InChI is InChI=1S/C14H20N4OS.ClH/c1-17-6-5-16-14(17)11-9-15-4-7-18(11)10-13-12(19-2)3-8-20-13;/h3,5-6,8,11,15H,4,7,9-10H2,1-2H3;1H. The van der Waals surface area contributed by atoms with E-state index in [0.29, 0.717) is 6.04 Å². The maximum absolute atomic E-state index is 5.42. The fraction of sp³-hybridized carbons (Fsp3) is 0.500. The summed E-state index contributed by atoms with van der Waals surface area (Å²) in [7, 11) is 3.79. The summed E-state index contributed by atoms with van der Waals surface area (Å²) in [5.41, 5.74) is 0. The number of halogens is 1. The number of nitrogens with one attached hydrogen (secondary N) is 1. The lowest BCUT2D eigenvalue weighted by Crippen LogP contribution is -2.46. The highest BCUT2D eigenvalue weighted by Gasteiger charge is 2.27. The Morgan fingerprint density at radius 1 is 1.52 bits per heavy atom. The second-order valence-corrected chi connectivity index (χ2v) is 6.00. The van der Waals surface area contributed by atoms with Gasteiger partial charge in [-0.3, -0.25) is 4.90 Å². The summed E-state index contributed by atoms with van der Waals surface area (Å²) in [5.74, 6) is 2.11. The first-order valence-corrected chi connectivity index (χ1v) is 7.70. The van der Waals surface area contributed by atoms with Gasteiger partial charge in [0, 0.05) is 45.6 Å². The van der Waals surface area contributed by atoms with Crippen molar-refractivity contribution in [3.63, 3.8) is 0 Å². The van der Waals surface area contributed by atoms with Crippen LogP contribution in [-0.2, 0) is 13.6 Å². The lowest BCUT2D eigenvalue weighted by Gasteiger charge is -2.35. The van der Waals surface area contributed by atoms with E-state index in [-0.39, 0.29) is 12.4 Å². The number of thiophene rings is 1. The minimum atomic E-state index is 0. The maximum atomic E-state index is 5.42. The Kier molecular flexibility index (Phi) is 5.64. The topological polar surface area (TPSA) is 42.3 Å². The average molecular weight is 329 g/mol. The molecule has 7 heteroatoms. The Morgan fingerprint density at radius 2 is 2.38 bits per heavy atom. The number of aryl methyl sites for hydroxylation is 1. The predicted octanol–water partition coefficient (Wildman–Crippen LogP) is 2.06. The molecule has 1 saturated heterocycles. The minimum Gasteiger partial charge on any atom is -0.496 e. The lowest BCUT2D eigenvalue weighted by molar-refractivity contribution is 0.145. The van der Waals surface area contributed by atoms with E-state index in [0.717, 1.165) is 37.8 Å². The third kappa shape index (κ3) is 3.40. The Labute approximate surface area is 135 Å². The van der Waals surface area contributed by atoms with Gasteiger partial charge in [0.15, 0.2) is 0 Å². The van der Waals surface area contributed by atoms with Crippen LogP contribution >= 0.6 is 23.7 Å². The number of aromatic nitrogens is 2. The van der Waals surface area contributed by atoms with E-state index in [1.807, 2.05) is 18.5 Å². The summed E-state index contributed by atoms with van der Waals surface area (Å²) in [5, 5.41) is 5.56. The summed E-state index contributed by atoms with van der Waals surface area (Å²) < 4.78 is 7.53. The van der Waals surface area contributed by atoms with E-state index >= 15 is 0 Å². The van der Waals surface area contributed by atoms with Gasteiger partial charge in [-0.15, -0.1) is 23.7 Å². The number of piperazine rings is 1. The van der Waals surface area contributed by atoms with E-state index in [9.17, 15) is 0 Å². The van der Waals surface area contributed by atoms with Crippen LogP contribution in [0.3, 0.4) is 0 Å². The molecule has 0 bridgehead atoms. The molecule has 3 rings (SSSR count). The van der Waals surface area contributed by atoms with Crippen molar-refractivity contribution in [3.8, 4) is 5.75 Å². The summed E-state index contributed by atoms with van der Waals surface area (Å²) in [4.78, 5) is 8.28. The third-order valence-electron chi connectivity index (χ3n) is 3.78. The number of hydrogen-bond donors (Lipinski definition) is 1. The molecule has 1 atom stereocenters. The molecular weight excluding hydrogens is 308 g/mol. The molecule has 0 spiro atoms. The van der Waals surface area contributed by atoms with Crippen LogP contribution < -0.4 is 10.1 Å². The van der Waals surface area contributed by atoms with Gasteiger partial charge in [0.1, 0.15) is 11.6 Å². The van der Waals surface area contributed by atoms with Gasteiger partial charge in [-0.25, -0.2) is 4.98 Å².